The van der Waals surface area contributed by atoms with E-state index < -0.39 is 0 Å². The molecule has 0 spiro atoms. The third-order valence-corrected chi connectivity index (χ3v) is 3.78. The molecule has 3 atom stereocenters. The Bertz CT molecular complexity index is 207. The lowest BCUT2D eigenvalue weighted by Crippen LogP contribution is -2.42. The molecule has 0 aromatic carbocycles. The lowest BCUT2D eigenvalue weighted by molar-refractivity contribution is 0.203. The van der Waals surface area contributed by atoms with Crippen molar-refractivity contribution in [3.8, 4) is 12.3 Å². The smallest absolute Gasteiger partial charge is 0.0247 e. The summed E-state index contributed by atoms with van der Waals surface area (Å²) in [6.45, 7) is 2.29. The molecule has 2 nitrogen and oxygen atoms in total. The molecule has 0 bridgehead atoms. The van der Waals surface area contributed by atoms with Gasteiger partial charge >= 0.3 is 0 Å². The molecule has 3 N–H and O–H groups in total. The van der Waals surface area contributed by atoms with Gasteiger partial charge in [-0.3, -0.25) is 11.3 Å². The molecule has 1 saturated carbocycles. The number of hydrogen-bond donors (Lipinski definition) is 2. The van der Waals surface area contributed by atoms with E-state index in [9.17, 15) is 0 Å². The quantitative estimate of drug-likeness (QED) is 0.414. The number of rotatable bonds is 5. The third kappa shape index (κ3) is 3.85. The fourth-order valence-corrected chi connectivity index (χ4v) is 2.76. The Hall–Kier alpha value is -0.520. The lowest BCUT2D eigenvalue weighted by atomic mass is 9.76. The first-order valence-electron chi connectivity index (χ1n) is 6.21. The fraction of sp³-hybridized carbons (Fsp3) is 0.846. The second kappa shape index (κ2) is 6.87. The average Bonchev–Trinajstić information content (AvgIpc) is 2.30. The maximum atomic E-state index is 5.61. The molecule has 1 fully saturated rings. The van der Waals surface area contributed by atoms with E-state index in [4.69, 9.17) is 12.3 Å². The molecule has 0 aromatic rings. The van der Waals surface area contributed by atoms with Gasteiger partial charge in [0.2, 0.25) is 0 Å². The standard InChI is InChI=1S/C13H24N2/c1-3-5-9-13(15-14)12-8-6-7-11(4-2)10-12/h1,11-13,15H,4-10,14H2,2H3. The van der Waals surface area contributed by atoms with E-state index in [1.807, 2.05) is 0 Å². The van der Waals surface area contributed by atoms with Crippen molar-refractivity contribution >= 4 is 0 Å². The molecule has 0 aromatic heterocycles. The summed E-state index contributed by atoms with van der Waals surface area (Å²) in [5.41, 5.74) is 2.96. The monoisotopic (exact) mass is 208 g/mol. The van der Waals surface area contributed by atoms with Crippen LogP contribution in [-0.2, 0) is 0 Å². The van der Waals surface area contributed by atoms with Crippen molar-refractivity contribution in [1.29, 1.82) is 0 Å². The van der Waals surface area contributed by atoms with E-state index in [-0.39, 0.29) is 0 Å². The fourth-order valence-electron chi connectivity index (χ4n) is 2.76. The third-order valence-electron chi connectivity index (χ3n) is 3.78. The summed E-state index contributed by atoms with van der Waals surface area (Å²) >= 11 is 0. The zero-order valence-corrected chi connectivity index (χ0v) is 9.84. The van der Waals surface area contributed by atoms with Crippen LogP contribution in [0.3, 0.4) is 0 Å². The van der Waals surface area contributed by atoms with Gasteiger partial charge in [0.05, 0.1) is 0 Å². The number of terminal acetylenes is 1. The number of nitrogens with two attached hydrogens (primary N) is 1. The molecule has 1 aliphatic rings. The Labute approximate surface area is 94.0 Å². The summed E-state index contributed by atoms with van der Waals surface area (Å²) in [5, 5.41) is 0. The van der Waals surface area contributed by atoms with Crippen LogP contribution in [0.4, 0.5) is 0 Å². The Morgan fingerprint density at radius 1 is 1.53 bits per heavy atom. The molecular weight excluding hydrogens is 184 g/mol. The summed E-state index contributed by atoms with van der Waals surface area (Å²) in [6, 6.07) is 0.426. The molecule has 86 valence electrons. The lowest BCUT2D eigenvalue weighted by Gasteiger charge is -2.33. The minimum absolute atomic E-state index is 0.426. The second-order valence-electron chi connectivity index (χ2n) is 4.72. The van der Waals surface area contributed by atoms with Crippen molar-refractivity contribution in [2.75, 3.05) is 0 Å². The normalized spacial score (nSPS) is 28.3. The molecule has 2 heteroatoms. The molecule has 0 aliphatic heterocycles. The maximum Gasteiger partial charge on any atom is 0.0247 e. The van der Waals surface area contributed by atoms with Gasteiger partial charge in [-0.25, -0.2) is 0 Å². The molecular formula is C13H24N2. The molecule has 3 unspecified atom stereocenters. The number of hydrazine groups is 1. The summed E-state index contributed by atoms with van der Waals surface area (Å²) < 4.78 is 0. The van der Waals surface area contributed by atoms with Crippen molar-refractivity contribution in [1.82, 2.24) is 5.43 Å². The highest BCUT2D eigenvalue weighted by atomic mass is 15.2. The SMILES string of the molecule is C#CCCC(NN)C1CCCC(CC)C1. The summed E-state index contributed by atoms with van der Waals surface area (Å²) in [5.74, 6) is 9.96. The Balaban J connectivity index is 2.41. The van der Waals surface area contributed by atoms with Crippen molar-refractivity contribution < 1.29 is 0 Å². The van der Waals surface area contributed by atoms with Crippen LogP contribution in [0, 0.1) is 24.2 Å². The van der Waals surface area contributed by atoms with E-state index in [0.29, 0.717) is 6.04 Å². The molecule has 1 aliphatic carbocycles. The molecule has 15 heavy (non-hydrogen) atoms. The van der Waals surface area contributed by atoms with Crippen LogP contribution in [0.15, 0.2) is 0 Å². The van der Waals surface area contributed by atoms with E-state index in [1.165, 1.54) is 32.1 Å². The summed E-state index contributed by atoms with van der Waals surface area (Å²) in [7, 11) is 0. The first-order valence-corrected chi connectivity index (χ1v) is 6.21. The molecule has 1 rings (SSSR count). The Kier molecular flexibility index (Phi) is 5.75. The first kappa shape index (κ1) is 12.5. The van der Waals surface area contributed by atoms with Crippen LogP contribution < -0.4 is 11.3 Å². The maximum absolute atomic E-state index is 5.61. The van der Waals surface area contributed by atoms with Gasteiger partial charge in [0.15, 0.2) is 0 Å². The predicted octanol–water partition coefficient (Wildman–Crippen LogP) is 2.45. The predicted molar refractivity (Wildman–Crippen MR) is 64.9 cm³/mol. The van der Waals surface area contributed by atoms with E-state index in [1.54, 1.807) is 0 Å². The topological polar surface area (TPSA) is 38.0 Å². The van der Waals surface area contributed by atoms with Gasteiger partial charge in [-0.15, -0.1) is 12.3 Å². The van der Waals surface area contributed by atoms with Crippen molar-refractivity contribution in [3.63, 3.8) is 0 Å². The van der Waals surface area contributed by atoms with Gasteiger partial charge in [-0.1, -0.05) is 26.2 Å². The molecule has 0 amide bonds. The Morgan fingerprint density at radius 2 is 2.33 bits per heavy atom. The summed E-state index contributed by atoms with van der Waals surface area (Å²) in [6.07, 6.45) is 13.9. The van der Waals surface area contributed by atoms with Gasteiger partial charge in [-0.05, 0) is 31.1 Å². The van der Waals surface area contributed by atoms with Crippen molar-refractivity contribution in [3.05, 3.63) is 0 Å². The van der Waals surface area contributed by atoms with Crippen LogP contribution in [0.5, 0.6) is 0 Å². The average molecular weight is 208 g/mol. The largest absolute Gasteiger partial charge is 0.271 e. The molecule has 0 heterocycles. The highest BCUT2D eigenvalue weighted by molar-refractivity contribution is 4.88. The van der Waals surface area contributed by atoms with Crippen LogP contribution in [0.25, 0.3) is 0 Å². The minimum Gasteiger partial charge on any atom is -0.271 e. The molecule has 0 radical (unpaired) electrons. The van der Waals surface area contributed by atoms with Gasteiger partial charge < -0.3 is 0 Å². The van der Waals surface area contributed by atoms with E-state index in [0.717, 1.165) is 24.7 Å². The zero-order chi connectivity index (χ0) is 11.1. The van der Waals surface area contributed by atoms with Gasteiger partial charge in [0, 0.05) is 12.5 Å². The summed E-state index contributed by atoms with van der Waals surface area (Å²) in [4.78, 5) is 0. The van der Waals surface area contributed by atoms with E-state index in [2.05, 4.69) is 18.3 Å². The van der Waals surface area contributed by atoms with Crippen LogP contribution >= 0.6 is 0 Å². The number of hydrogen-bond acceptors (Lipinski definition) is 2. The first-order chi connectivity index (χ1) is 7.31. The highest BCUT2D eigenvalue weighted by Gasteiger charge is 2.26. The van der Waals surface area contributed by atoms with Crippen molar-refractivity contribution in [2.24, 2.45) is 17.7 Å². The minimum atomic E-state index is 0.426. The van der Waals surface area contributed by atoms with Gasteiger partial charge in [0.25, 0.3) is 0 Å². The van der Waals surface area contributed by atoms with Crippen molar-refractivity contribution in [2.45, 2.75) is 57.9 Å². The highest BCUT2D eigenvalue weighted by Crippen LogP contribution is 2.33. The van der Waals surface area contributed by atoms with Gasteiger partial charge in [-0.2, -0.15) is 0 Å². The second-order valence-corrected chi connectivity index (χ2v) is 4.72. The number of nitrogens with one attached hydrogen (secondary N) is 1. The van der Waals surface area contributed by atoms with Crippen LogP contribution in [-0.4, -0.2) is 6.04 Å². The van der Waals surface area contributed by atoms with Crippen LogP contribution in [0.1, 0.15) is 51.9 Å². The van der Waals surface area contributed by atoms with E-state index >= 15 is 0 Å². The van der Waals surface area contributed by atoms with Crippen LogP contribution in [0.2, 0.25) is 0 Å². The molecule has 0 saturated heterocycles. The zero-order valence-electron chi connectivity index (χ0n) is 9.84. The van der Waals surface area contributed by atoms with Gasteiger partial charge in [0.1, 0.15) is 0 Å². The Morgan fingerprint density at radius 3 is 2.93 bits per heavy atom.